The van der Waals surface area contributed by atoms with Crippen molar-refractivity contribution in [3.05, 3.63) is 34.2 Å². The lowest BCUT2D eigenvalue weighted by Gasteiger charge is -2.31. The molecule has 2 amide bonds. The van der Waals surface area contributed by atoms with Crippen LogP contribution in [-0.2, 0) is 4.79 Å². The Morgan fingerprint density at radius 3 is 2.70 bits per heavy atom. The van der Waals surface area contributed by atoms with E-state index >= 15 is 0 Å². The topological polar surface area (TPSA) is 108 Å². The van der Waals surface area contributed by atoms with Crippen LogP contribution in [0.3, 0.4) is 0 Å². The maximum absolute atomic E-state index is 12.0. The van der Waals surface area contributed by atoms with E-state index in [2.05, 4.69) is 10.3 Å². The number of likely N-dealkylation sites (tertiary alicyclic amines) is 1. The van der Waals surface area contributed by atoms with E-state index in [-0.39, 0.29) is 30.0 Å². The van der Waals surface area contributed by atoms with Crippen LogP contribution in [0.25, 0.3) is 0 Å². The molecule has 1 aromatic heterocycles. The quantitative estimate of drug-likeness (QED) is 0.660. The number of nitrogens with two attached hydrogens (primary N) is 1. The summed E-state index contributed by atoms with van der Waals surface area (Å²) in [5, 5.41) is 2.90. The van der Waals surface area contributed by atoms with Crippen LogP contribution in [0.5, 0.6) is 0 Å². The number of nitrogens with zero attached hydrogens (tertiary/aromatic N) is 1. The van der Waals surface area contributed by atoms with E-state index in [1.165, 1.54) is 12.3 Å². The minimum Gasteiger partial charge on any atom is -0.369 e. The summed E-state index contributed by atoms with van der Waals surface area (Å²) in [6.07, 6.45) is 2.98. The summed E-state index contributed by atoms with van der Waals surface area (Å²) in [4.78, 5) is 38.4. The molecule has 7 heteroatoms. The summed E-state index contributed by atoms with van der Waals surface area (Å²) in [6.45, 7) is 1.71. The van der Waals surface area contributed by atoms with E-state index in [0.717, 1.165) is 25.9 Å². The number of rotatable bonds is 4. The molecule has 0 spiro atoms. The Morgan fingerprint density at radius 1 is 1.40 bits per heavy atom. The Bertz CT molecular complexity index is 547. The number of carbonyl (C=O) groups excluding carboxylic acids is 2. The summed E-state index contributed by atoms with van der Waals surface area (Å²) < 4.78 is 0. The Balaban J connectivity index is 1.85. The second kappa shape index (κ2) is 6.33. The molecule has 1 aliphatic rings. The van der Waals surface area contributed by atoms with E-state index < -0.39 is 0 Å². The highest BCUT2D eigenvalue weighted by Crippen LogP contribution is 2.10. The van der Waals surface area contributed by atoms with E-state index in [0.29, 0.717) is 5.56 Å². The third kappa shape index (κ3) is 3.92. The molecule has 1 aromatic rings. The normalized spacial score (nSPS) is 16.8. The number of aromatic nitrogens is 1. The van der Waals surface area contributed by atoms with Gasteiger partial charge in [0.2, 0.25) is 11.5 Å². The number of hydrogen-bond acceptors (Lipinski definition) is 4. The van der Waals surface area contributed by atoms with Gasteiger partial charge in [-0.05, 0) is 18.9 Å². The average Bonchev–Trinajstić information content (AvgIpc) is 2.40. The van der Waals surface area contributed by atoms with Crippen molar-refractivity contribution >= 4 is 11.8 Å². The maximum atomic E-state index is 12.0. The van der Waals surface area contributed by atoms with Gasteiger partial charge in [-0.3, -0.25) is 19.3 Å². The van der Waals surface area contributed by atoms with Gasteiger partial charge in [-0.25, -0.2) is 0 Å². The summed E-state index contributed by atoms with van der Waals surface area (Å²) in [6, 6.07) is 2.90. The third-order valence-corrected chi connectivity index (χ3v) is 3.34. The van der Waals surface area contributed by atoms with E-state index in [4.69, 9.17) is 5.73 Å². The number of pyridine rings is 1. The van der Waals surface area contributed by atoms with Crippen molar-refractivity contribution in [2.75, 3.05) is 19.6 Å². The van der Waals surface area contributed by atoms with Crippen LogP contribution in [0, 0.1) is 0 Å². The first kappa shape index (κ1) is 14.3. The summed E-state index contributed by atoms with van der Waals surface area (Å²) in [5.74, 6) is -0.583. The fraction of sp³-hybridized carbons (Fsp3) is 0.462. The van der Waals surface area contributed by atoms with Crippen LogP contribution in [0.4, 0.5) is 0 Å². The molecule has 2 rings (SSSR count). The van der Waals surface area contributed by atoms with Crippen LogP contribution in [0.2, 0.25) is 0 Å². The maximum Gasteiger partial charge on any atom is 0.251 e. The Kier molecular flexibility index (Phi) is 4.52. The fourth-order valence-corrected chi connectivity index (χ4v) is 2.31. The number of amides is 2. The average molecular weight is 278 g/mol. The van der Waals surface area contributed by atoms with Gasteiger partial charge in [0.05, 0.1) is 6.54 Å². The molecular formula is C13H18N4O3. The van der Waals surface area contributed by atoms with Gasteiger partial charge in [0.25, 0.3) is 5.91 Å². The number of nitrogens with one attached hydrogen (secondary N) is 2. The minimum atomic E-state index is -0.337. The zero-order valence-electron chi connectivity index (χ0n) is 11.1. The first-order valence-corrected chi connectivity index (χ1v) is 6.55. The van der Waals surface area contributed by atoms with Crippen molar-refractivity contribution in [2.45, 2.75) is 18.9 Å². The second-order valence-electron chi connectivity index (χ2n) is 4.93. The zero-order chi connectivity index (χ0) is 14.5. The van der Waals surface area contributed by atoms with Crippen molar-refractivity contribution in [3.8, 4) is 0 Å². The van der Waals surface area contributed by atoms with Crippen LogP contribution in [0.1, 0.15) is 23.2 Å². The Morgan fingerprint density at radius 2 is 2.10 bits per heavy atom. The smallest absolute Gasteiger partial charge is 0.251 e. The molecule has 0 bridgehead atoms. The van der Waals surface area contributed by atoms with Gasteiger partial charge in [-0.1, -0.05) is 0 Å². The molecule has 0 atom stereocenters. The number of hydrogen-bond donors (Lipinski definition) is 3. The number of H-pyrrole nitrogens is 1. The van der Waals surface area contributed by atoms with Crippen LogP contribution >= 0.6 is 0 Å². The van der Waals surface area contributed by atoms with Gasteiger partial charge >= 0.3 is 0 Å². The molecule has 20 heavy (non-hydrogen) atoms. The van der Waals surface area contributed by atoms with Crippen molar-refractivity contribution in [2.24, 2.45) is 5.73 Å². The molecule has 108 valence electrons. The van der Waals surface area contributed by atoms with Crippen LogP contribution in [0.15, 0.2) is 23.1 Å². The van der Waals surface area contributed by atoms with E-state index in [9.17, 15) is 14.4 Å². The zero-order valence-corrected chi connectivity index (χ0v) is 11.1. The third-order valence-electron chi connectivity index (χ3n) is 3.34. The highest BCUT2D eigenvalue weighted by atomic mass is 16.2. The van der Waals surface area contributed by atoms with Crippen molar-refractivity contribution in [1.29, 1.82) is 0 Å². The van der Waals surface area contributed by atoms with Crippen molar-refractivity contribution in [1.82, 2.24) is 15.2 Å². The molecule has 1 aliphatic heterocycles. The monoisotopic (exact) mass is 278 g/mol. The molecular weight excluding hydrogens is 260 g/mol. The first-order chi connectivity index (χ1) is 9.54. The lowest BCUT2D eigenvalue weighted by molar-refractivity contribution is -0.119. The Hall–Kier alpha value is -2.15. The van der Waals surface area contributed by atoms with E-state index in [1.54, 1.807) is 6.07 Å². The standard InChI is InChI=1S/C13H18N4O3/c14-11(18)8-17-5-2-10(3-6-17)16-13(20)9-1-4-15-12(19)7-9/h1,4,7,10H,2-3,5-6,8H2,(H2,14,18)(H,15,19)(H,16,20). The molecule has 0 saturated carbocycles. The van der Waals surface area contributed by atoms with E-state index in [1.807, 2.05) is 4.90 Å². The van der Waals surface area contributed by atoms with Crippen molar-refractivity contribution < 1.29 is 9.59 Å². The highest BCUT2D eigenvalue weighted by Gasteiger charge is 2.21. The molecule has 7 nitrogen and oxygen atoms in total. The fourth-order valence-electron chi connectivity index (χ4n) is 2.31. The van der Waals surface area contributed by atoms with Gasteiger partial charge in [-0.15, -0.1) is 0 Å². The van der Waals surface area contributed by atoms with Crippen LogP contribution < -0.4 is 16.6 Å². The number of carbonyl (C=O) groups is 2. The minimum absolute atomic E-state index is 0.0610. The first-order valence-electron chi connectivity index (χ1n) is 6.55. The predicted molar refractivity (Wildman–Crippen MR) is 73.2 cm³/mol. The van der Waals surface area contributed by atoms with Gasteiger partial charge in [0, 0.05) is 37.0 Å². The van der Waals surface area contributed by atoms with Gasteiger partial charge < -0.3 is 16.0 Å². The van der Waals surface area contributed by atoms with Gasteiger partial charge in [-0.2, -0.15) is 0 Å². The highest BCUT2D eigenvalue weighted by molar-refractivity contribution is 5.94. The van der Waals surface area contributed by atoms with Crippen molar-refractivity contribution in [3.63, 3.8) is 0 Å². The SMILES string of the molecule is NC(=O)CN1CCC(NC(=O)c2cc[nH]c(=O)c2)CC1. The summed E-state index contributed by atoms with van der Waals surface area (Å²) in [7, 11) is 0. The number of piperidine rings is 1. The molecule has 1 saturated heterocycles. The number of aromatic amines is 1. The summed E-state index contributed by atoms with van der Waals surface area (Å²) >= 11 is 0. The molecule has 2 heterocycles. The molecule has 0 radical (unpaired) electrons. The largest absolute Gasteiger partial charge is 0.369 e. The second-order valence-corrected chi connectivity index (χ2v) is 4.93. The lowest BCUT2D eigenvalue weighted by Crippen LogP contribution is -2.46. The summed E-state index contributed by atoms with van der Waals surface area (Å²) in [5.41, 5.74) is 5.20. The molecule has 4 N–H and O–H groups in total. The lowest BCUT2D eigenvalue weighted by atomic mass is 10.0. The number of primary amides is 1. The molecule has 0 aromatic carbocycles. The van der Waals surface area contributed by atoms with Gasteiger partial charge in [0.1, 0.15) is 0 Å². The molecule has 1 fully saturated rings. The van der Waals surface area contributed by atoms with Gasteiger partial charge in [0.15, 0.2) is 0 Å². The Labute approximate surface area is 116 Å². The predicted octanol–water partition coefficient (Wildman–Crippen LogP) is -0.946. The molecule has 0 aliphatic carbocycles. The van der Waals surface area contributed by atoms with Crippen LogP contribution in [-0.4, -0.2) is 47.4 Å². The molecule has 0 unspecified atom stereocenters.